The van der Waals surface area contributed by atoms with Crippen LogP contribution in [0.15, 0.2) is 24.3 Å². The van der Waals surface area contributed by atoms with Gasteiger partial charge in [0, 0.05) is 18.7 Å². The molecule has 0 heterocycles. The third-order valence-corrected chi connectivity index (χ3v) is 5.88. The zero-order chi connectivity index (χ0) is 19.0. The lowest BCUT2D eigenvalue weighted by molar-refractivity contribution is 0.0497. The number of sulfone groups is 1. The second-order valence-electron chi connectivity index (χ2n) is 7.37. The van der Waals surface area contributed by atoms with Crippen LogP contribution in [0.25, 0.3) is 0 Å². The van der Waals surface area contributed by atoms with Gasteiger partial charge in [-0.25, -0.2) is 13.2 Å². The van der Waals surface area contributed by atoms with Gasteiger partial charge in [0.2, 0.25) is 0 Å². The van der Waals surface area contributed by atoms with E-state index in [0.29, 0.717) is 5.75 Å². The highest BCUT2D eigenvalue weighted by atomic mass is 32.2. The van der Waals surface area contributed by atoms with Crippen LogP contribution in [0.1, 0.15) is 32.3 Å². The van der Waals surface area contributed by atoms with Crippen LogP contribution in [-0.4, -0.2) is 50.8 Å². The average Bonchev–Trinajstić information content (AvgIpc) is 3.14. The number of hydrogen-bond donors (Lipinski definition) is 2. The lowest BCUT2D eigenvalue weighted by Crippen LogP contribution is -2.48. The monoisotopic (exact) mass is 370 g/mol. The average molecular weight is 370 g/mol. The van der Waals surface area contributed by atoms with Crippen molar-refractivity contribution in [2.75, 3.05) is 19.9 Å². The van der Waals surface area contributed by atoms with Crippen LogP contribution < -0.4 is 15.8 Å². The first-order valence-electron chi connectivity index (χ1n) is 7.98. The summed E-state index contributed by atoms with van der Waals surface area (Å²) >= 11 is 0. The van der Waals surface area contributed by atoms with Gasteiger partial charge in [-0.1, -0.05) is 12.1 Å². The quantitative estimate of drug-likeness (QED) is 0.812. The van der Waals surface area contributed by atoms with E-state index in [9.17, 15) is 13.2 Å². The largest absolute Gasteiger partial charge is 0.497 e. The Kier molecular flexibility index (Phi) is 5.07. The second-order valence-corrected chi connectivity index (χ2v) is 9.54. The maximum Gasteiger partial charge on any atom is 0.408 e. The Morgan fingerprint density at radius 2 is 1.84 bits per heavy atom. The maximum absolute atomic E-state index is 12.3. The Labute approximate surface area is 148 Å². The molecule has 1 aliphatic carbocycles. The molecule has 3 atom stereocenters. The number of carbonyl (C=O) groups is 1. The van der Waals surface area contributed by atoms with Crippen molar-refractivity contribution in [3.8, 4) is 5.75 Å². The SMILES string of the molecule is COc1ccc([C@H]2[C@H](S(C)(=O)=O)[C@@]2(CN)NC(=O)OC(C)(C)C)cc1. The van der Waals surface area contributed by atoms with Crippen molar-refractivity contribution >= 4 is 15.9 Å². The van der Waals surface area contributed by atoms with Crippen LogP contribution in [0.5, 0.6) is 5.75 Å². The summed E-state index contributed by atoms with van der Waals surface area (Å²) in [6, 6.07) is 7.08. The highest BCUT2D eigenvalue weighted by molar-refractivity contribution is 7.91. The van der Waals surface area contributed by atoms with Gasteiger partial charge in [0.05, 0.1) is 17.9 Å². The molecule has 1 aromatic rings. The first kappa shape index (κ1) is 19.5. The molecule has 0 unspecified atom stereocenters. The molecule has 1 saturated carbocycles. The molecule has 8 heteroatoms. The van der Waals surface area contributed by atoms with E-state index in [1.165, 1.54) is 0 Å². The first-order valence-corrected chi connectivity index (χ1v) is 9.94. The fourth-order valence-corrected chi connectivity index (χ4v) is 5.14. The molecule has 0 spiro atoms. The summed E-state index contributed by atoms with van der Waals surface area (Å²) in [5.41, 5.74) is 4.90. The molecule has 0 radical (unpaired) electrons. The molecule has 0 bridgehead atoms. The molecule has 0 saturated heterocycles. The fourth-order valence-electron chi connectivity index (χ4n) is 3.25. The summed E-state index contributed by atoms with van der Waals surface area (Å²) in [4.78, 5) is 12.2. The summed E-state index contributed by atoms with van der Waals surface area (Å²) < 4.78 is 34.9. The topological polar surface area (TPSA) is 108 Å². The molecule has 7 nitrogen and oxygen atoms in total. The fraction of sp³-hybridized carbons (Fsp3) is 0.588. The van der Waals surface area contributed by atoms with E-state index in [1.54, 1.807) is 52.1 Å². The summed E-state index contributed by atoms with van der Waals surface area (Å²) in [7, 11) is -1.88. The van der Waals surface area contributed by atoms with E-state index < -0.39 is 38.2 Å². The molecule has 1 aliphatic rings. The van der Waals surface area contributed by atoms with Crippen LogP contribution in [0.3, 0.4) is 0 Å². The summed E-state index contributed by atoms with van der Waals surface area (Å²) in [6.45, 7) is 5.21. The Bertz CT molecular complexity index is 739. The van der Waals surface area contributed by atoms with Crippen molar-refractivity contribution in [1.82, 2.24) is 5.32 Å². The van der Waals surface area contributed by atoms with Crippen LogP contribution in [0.4, 0.5) is 4.79 Å². The van der Waals surface area contributed by atoms with E-state index in [0.717, 1.165) is 11.8 Å². The zero-order valence-electron chi connectivity index (χ0n) is 15.2. The standard InChI is InChI=1S/C17H26N2O5S/c1-16(2,3)24-15(20)19-17(10-18)13(14(17)25(5,21)22)11-6-8-12(23-4)9-7-11/h6-9,13-14H,10,18H2,1-5H3,(H,19,20)/t13-,14-,17-/m0/s1. The van der Waals surface area contributed by atoms with Gasteiger partial charge < -0.3 is 20.5 Å². The van der Waals surface area contributed by atoms with Crippen LogP contribution >= 0.6 is 0 Å². The third-order valence-electron chi connectivity index (χ3n) is 4.26. The third kappa shape index (κ3) is 4.07. The van der Waals surface area contributed by atoms with Crippen LogP contribution in [0, 0.1) is 0 Å². The number of alkyl carbamates (subject to hydrolysis) is 1. The summed E-state index contributed by atoms with van der Waals surface area (Å²) in [5.74, 6) is 0.227. The van der Waals surface area contributed by atoms with Gasteiger partial charge >= 0.3 is 6.09 Å². The highest BCUT2D eigenvalue weighted by Crippen LogP contribution is 2.55. The lowest BCUT2D eigenvalue weighted by Gasteiger charge is -2.24. The molecule has 3 N–H and O–H groups in total. The number of rotatable bonds is 5. The summed E-state index contributed by atoms with van der Waals surface area (Å²) in [5, 5.41) is 1.91. The molecule has 0 aromatic heterocycles. The molecule has 0 aliphatic heterocycles. The van der Waals surface area contributed by atoms with E-state index in [4.69, 9.17) is 15.2 Å². The van der Waals surface area contributed by atoms with Crippen molar-refractivity contribution < 1.29 is 22.7 Å². The van der Waals surface area contributed by atoms with E-state index in [2.05, 4.69) is 5.32 Å². The van der Waals surface area contributed by atoms with Gasteiger partial charge in [-0.05, 0) is 38.5 Å². The predicted octanol–water partition coefficient (Wildman–Crippen LogP) is 1.43. The zero-order valence-corrected chi connectivity index (χ0v) is 16.0. The van der Waals surface area contributed by atoms with Crippen LogP contribution in [0.2, 0.25) is 0 Å². The van der Waals surface area contributed by atoms with E-state index >= 15 is 0 Å². The number of hydrogen-bond acceptors (Lipinski definition) is 6. The van der Waals surface area contributed by atoms with Crippen LogP contribution in [-0.2, 0) is 14.6 Å². The smallest absolute Gasteiger partial charge is 0.408 e. The van der Waals surface area contributed by atoms with E-state index in [-0.39, 0.29) is 6.54 Å². The minimum atomic E-state index is -3.43. The predicted molar refractivity (Wildman–Crippen MR) is 95.5 cm³/mol. The van der Waals surface area contributed by atoms with Gasteiger partial charge in [0.15, 0.2) is 9.84 Å². The molecule has 1 amide bonds. The van der Waals surface area contributed by atoms with Gasteiger partial charge in [-0.2, -0.15) is 0 Å². The van der Waals surface area contributed by atoms with Crippen molar-refractivity contribution in [2.24, 2.45) is 5.73 Å². The second kappa shape index (κ2) is 6.49. The summed E-state index contributed by atoms with van der Waals surface area (Å²) in [6.07, 6.45) is 0.477. The molecule has 140 valence electrons. The number of methoxy groups -OCH3 is 1. The normalized spacial score (nSPS) is 26.0. The maximum atomic E-state index is 12.3. The van der Waals surface area contributed by atoms with Crippen molar-refractivity contribution in [3.63, 3.8) is 0 Å². The minimum Gasteiger partial charge on any atom is -0.497 e. The molecule has 25 heavy (non-hydrogen) atoms. The van der Waals surface area contributed by atoms with Crippen molar-refractivity contribution in [1.29, 1.82) is 0 Å². The van der Waals surface area contributed by atoms with Crippen molar-refractivity contribution in [3.05, 3.63) is 29.8 Å². The molecule has 1 fully saturated rings. The number of benzene rings is 1. The lowest BCUT2D eigenvalue weighted by atomic mass is 10.1. The number of carbonyl (C=O) groups excluding carboxylic acids is 1. The number of nitrogens with one attached hydrogen (secondary N) is 1. The number of nitrogens with two attached hydrogens (primary N) is 1. The van der Waals surface area contributed by atoms with Gasteiger partial charge in [0.1, 0.15) is 11.4 Å². The molecule has 1 aromatic carbocycles. The Morgan fingerprint density at radius 1 is 1.28 bits per heavy atom. The molecule has 2 rings (SSSR count). The van der Waals surface area contributed by atoms with Gasteiger partial charge in [0.25, 0.3) is 0 Å². The minimum absolute atomic E-state index is 0.0132. The van der Waals surface area contributed by atoms with Crippen molar-refractivity contribution in [2.45, 2.75) is 43.1 Å². The molecular formula is C17H26N2O5S. The highest BCUT2D eigenvalue weighted by Gasteiger charge is 2.70. The molecular weight excluding hydrogens is 344 g/mol. The Balaban J connectivity index is 2.34. The number of amides is 1. The first-order chi connectivity index (χ1) is 11.4. The van der Waals surface area contributed by atoms with E-state index in [1.807, 2.05) is 0 Å². The Hall–Kier alpha value is -1.80. The van der Waals surface area contributed by atoms with Gasteiger partial charge in [-0.3, -0.25) is 0 Å². The Morgan fingerprint density at radius 3 is 2.24 bits per heavy atom. The number of ether oxygens (including phenoxy) is 2. The van der Waals surface area contributed by atoms with Gasteiger partial charge in [-0.15, -0.1) is 0 Å².